The fourth-order valence-corrected chi connectivity index (χ4v) is 1.59. The zero-order valence-corrected chi connectivity index (χ0v) is 7.51. The lowest BCUT2D eigenvalue weighted by molar-refractivity contribution is 0.000182. The molecule has 11 heavy (non-hydrogen) atoms. The molecule has 0 saturated carbocycles. The summed E-state index contributed by atoms with van der Waals surface area (Å²) in [7, 11) is 0. The molecule has 0 radical (unpaired) electrons. The zero-order valence-electron chi connectivity index (χ0n) is 7.51. The van der Waals surface area contributed by atoms with Gasteiger partial charge in [0.1, 0.15) is 6.17 Å². The first-order valence-electron chi connectivity index (χ1n) is 4.44. The minimum atomic E-state index is -0.736. The molecule has 2 heteroatoms. The Hall–Kier alpha value is -0.110. The number of hydrogen-bond acceptors (Lipinski definition) is 1. The topological polar surface area (TPSA) is 9.23 Å². The van der Waals surface area contributed by atoms with Gasteiger partial charge in [-0.15, -0.1) is 0 Å². The Morgan fingerprint density at radius 2 is 2.18 bits per heavy atom. The summed E-state index contributed by atoms with van der Waals surface area (Å²) in [6.45, 7) is 6.06. The third-order valence-corrected chi connectivity index (χ3v) is 2.31. The van der Waals surface area contributed by atoms with Gasteiger partial charge in [0.25, 0.3) is 0 Å². The van der Waals surface area contributed by atoms with Crippen molar-refractivity contribution in [2.75, 3.05) is 0 Å². The first-order valence-corrected chi connectivity index (χ1v) is 4.44. The van der Waals surface area contributed by atoms with Gasteiger partial charge in [-0.3, -0.25) is 0 Å². The van der Waals surface area contributed by atoms with Crippen molar-refractivity contribution in [2.45, 2.75) is 52.0 Å². The van der Waals surface area contributed by atoms with Crippen molar-refractivity contribution in [3.63, 3.8) is 0 Å². The normalized spacial score (nSPS) is 38.5. The Morgan fingerprint density at radius 3 is 2.45 bits per heavy atom. The lowest BCUT2D eigenvalue weighted by atomic mass is 10.0. The quantitative estimate of drug-likeness (QED) is 0.603. The summed E-state index contributed by atoms with van der Waals surface area (Å²) in [5.41, 5.74) is 0. The van der Waals surface area contributed by atoms with Gasteiger partial charge in [-0.05, 0) is 12.3 Å². The molecule has 1 aliphatic heterocycles. The Morgan fingerprint density at radius 1 is 1.55 bits per heavy atom. The van der Waals surface area contributed by atoms with Gasteiger partial charge < -0.3 is 4.74 Å². The highest BCUT2D eigenvalue weighted by Crippen LogP contribution is 2.29. The highest BCUT2D eigenvalue weighted by atomic mass is 19.1. The molecular weight excluding hydrogens is 143 g/mol. The van der Waals surface area contributed by atoms with Crippen molar-refractivity contribution >= 4 is 0 Å². The fraction of sp³-hybridized carbons (Fsp3) is 1.00. The molecule has 0 amide bonds. The predicted octanol–water partition coefficient (Wildman–Crippen LogP) is 2.55. The van der Waals surface area contributed by atoms with Gasteiger partial charge in [0.05, 0.1) is 12.2 Å². The number of alkyl halides is 1. The van der Waals surface area contributed by atoms with Crippen LogP contribution in [0.3, 0.4) is 0 Å². The maximum atomic E-state index is 13.2. The molecule has 0 N–H and O–H groups in total. The second kappa shape index (κ2) is 3.53. The van der Waals surface area contributed by atoms with Gasteiger partial charge in [-0.2, -0.15) is 0 Å². The van der Waals surface area contributed by atoms with E-state index in [0.717, 1.165) is 6.42 Å². The maximum Gasteiger partial charge on any atom is 0.129 e. The molecule has 0 bridgehead atoms. The smallest absolute Gasteiger partial charge is 0.129 e. The second-order valence-corrected chi connectivity index (χ2v) is 3.63. The van der Waals surface area contributed by atoms with Gasteiger partial charge in [-0.1, -0.05) is 20.8 Å². The van der Waals surface area contributed by atoms with Crippen molar-refractivity contribution in [1.82, 2.24) is 0 Å². The second-order valence-electron chi connectivity index (χ2n) is 3.63. The molecule has 0 aliphatic carbocycles. The van der Waals surface area contributed by atoms with E-state index in [9.17, 15) is 4.39 Å². The van der Waals surface area contributed by atoms with E-state index in [-0.39, 0.29) is 12.2 Å². The lowest BCUT2D eigenvalue weighted by Gasteiger charge is -2.16. The van der Waals surface area contributed by atoms with Crippen molar-refractivity contribution in [3.05, 3.63) is 0 Å². The molecule has 1 fully saturated rings. The molecule has 1 heterocycles. The first kappa shape index (κ1) is 8.98. The Balaban J connectivity index is 2.45. The van der Waals surface area contributed by atoms with Crippen LogP contribution in [0, 0.1) is 5.92 Å². The Bertz CT molecular complexity index is 125. The average Bonchev–Trinajstić information content (AvgIpc) is 2.30. The highest BCUT2D eigenvalue weighted by Gasteiger charge is 2.35. The van der Waals surface area contributed by atoms with Crippen molar-refractivity contribution < 1.29 is 9.13 Å². The molecule has 1 saturated heterocycles. The monoisotopic (exact) mass is 160 g/mol. The van der Waals surface area contributed by atoms with E-state index in [1.165, 1.54) is 0 Å². The molecule has 66 valence electrons. The van der Waals surface area contributed by atoms with Crippen LogP contribution < -0.4 is 0 Å². The van der Waals surface area contributed by atoms with Crippen LogP contribution in [0.4, 0.5) is 4.39 Å². The minimum absolute atomic E-state index is 0.153. The maximum absolute atomic E-state index is 13.2. The van der Waals surface area contributed by atoms with Crippen LogP contribution >= 0.6 is 0 Å². The summed E-state index contributed by atoms with van der Waals surface area (Å²) in [5, 5.41) is 0. The molecule has 1 rings (SSSR count). The van der Waals surface area contributed by atoms with Crippen LogP contribution in [0.1, 0.15) is 33.6 Å². The standard InChI is InChI=1S/C9H17FO/c1-4-7-5-8(10)9(11-7)6(2)3/h6-9H,4-5H2,1-3H3/t7-,8+,9+/m0/s1. The Kier molecular flexibility index (Phi) is 2.88. The number of ether oxygens (including phenoxy) is 1. The predicted molar refractivity (Wildman–Crippen MR) is 43.3 cm³/mol. The zero-order chi connectivity index (χ0) is 8.43. The van der Waals surface area contributed by atoms with Crippen molar-refractivity contribution in [2.24, 2.45) is 5.92 Å². The molecule has 0 aromatic rings. The van der Waals surface area contributed by atoms with Crippen LogP contribution in [0.2, 0.25) is 0 Å². The number of rotatable bonds is 2. The van der Waals surface area contributed by atoms with Crippen molar-refractivity contribution in [3.8, 4) is 0 Å². The van der Waals surface area contributed by atoms with Gasteiger partial charge in [0.15, 0.2) is 0 Å². The molecule has 3 atom stereocenters. The lowest BCUT2D eigenvalue weighted by Crippen LogP contribution is -2.23. The third-order valence-electron chi connectivity index (χ3n) is 2.31. The first-order chi connectivity index (χ1) is 5.15. The van der Waals surface area contributed by atoms with Gasteiger partial charge >= 0.3 is 0 Å². The van der Waals surface area contributed by atoms with Crippen LogP contribution in [-0.2, 0) is 4.74 Å². The summed E-state index contributed by atoms with van der Waals surface area (Å²) in [4.78, 5) is 0. The van der Waals surface area contributed by atoms with Gasteiger partial charge in [-0.25, -0.2) is 4.39 Å². The van der Waals surface area contributed by atoms with E-state index in [1.807, 2.05) is 20.8 Å². The van der Waals surface area contributed by atoms with E-state index in [0.29, 0.717) is 12.3 Å². The van der Waals surface area contributed by atoms with Crippen LogP contribution in [-0.4, -0.2) is 18.4 Å². The van der Waals surface area contributed by atoms with E-state index in [2.05, 4.69) is 0 Å². The van der Waals surface area contributed by atoms with E-state index in [4.69, 9.17) is 4.74 Å². The summed E-state index contributed by atoms with van der Waals surface area (Å²) < 4.78 is 18.7. The number of hydrogen-bond donors (Lipinski definition) is 0. The molecule has 0 aromatic heterocycles. The summed E-state index contributed by atoms with van der Waals surface area (Å²) in [5.74, 6) is 0.307. The highest BCUT2D eigenvalue weighted by molar-refractivity contribution is 4.83. The van der Waals surface area contributed by atoms with E-state index < -0.39 is 6.17 Å². The molecule has 1 nitrogen and oxygen atoms in total. The average molecular weight is 160 g/mol. The summed E-state index contributed by atoms with van der Waals surface area (Å²) in [6, 6.07) is 0. The van der Waals surface area contributed by atoms with Gasteiger partial charge in [0, 0.05) is 6.42 Å². The van der Waals surface area contributed by atoms with E-state index >= 15 is 0 Å². The van der Waals surface area contributed by atoms with Crippen LogP contribution in [0.5, 0.6) is 0 Å². The van der Waals surface area contributed by atoms with Crippen LogP contribution in [0.15, 0.2) is 0 Å². The molecular formula is C9H17FO. The summed E-state index contributed by atoms with van der Waals surface area (Å²) >= 11 is 0. The summed E-state index contributed by atoms with van der Waals surface area (Å²) in [6.07, 6.45) is 0.806. The third kappa shape index (κ3) is 1.92. The molecule has 0 aromatic carbocycles. The molecule has 0 unspecified atom stereocenters. The van der Waals surface area contributed by atoms with Gasteiger partial charge in [0.2, 0.25) is 0 Å². The Labute approximate surface area is 67.9 Å². The molecule has 1 aliphatic rings. The molecule has 0 spiro atoms. The van der Waals surface area contributed by atoms with Crippen molar-refractivity contribution in [1.29, 1.82) is 0 Å². The SMILES string of the molecule is CC[C@H]1C[C@@H](F)[C@@H](C(C)C)O1. The minimum Gasteiger partial charge on any atom is -0.372 e. The van der Waals surface area contributed by atoms with E-state index in [1.54, 1.807) is 0 Å². The fourth-order valence-electron chi connectivity index (χ4n) is 1.59. The largest absolute Gasteiger partial charge is 0.372 e. The van der Waals surface area contributed by atoms with Crippen LogP contribution in [0.25, 0.3) is 0 Å². The number of halogens is 1.